The van der Waals surface area contributed by atoms with Gasteiger partial charge in [0, 0.05) is 28.9 Å². The largest absolute Gasteiger partial charge is 0.309 e. The van der Waals surface area contributed by atoms with E-state index in [0.717, 1.165) is 16.6 Å². The lowest BCUT2D eigenvalue weighted by molar-refractivity contribution is 1.17. The van der Waals surface area contributed by atoms with Crippen molar-refractivity contribution < 1.29 is 0 Å². The number of fused-ring (bicyclic) bond motifs is 11. The van der Waals surface area contributed by atoms with Gasteiger partial charge in [-0.05, 0) is 103 Å². The van der Waals surface area contributed by atoms with Gasteiger partial charge in [-0.3, -0.25) is 4.98 Å². The van der Waals surface area contributed by atoms with Gasteiger partial charge in [0.15, 0.2) is 0 Å². The van der Waals surface area contributed by atoms with Crippen LogP contribution in [0, 0.1) is 0 Å². The second-order valence-electron chi connectivity index (χ2n) is 12.7. The van der Waals surface area contributed by atoms with Gasteiger partial charge in [-0.15, -0.1) is 0 Å². The van der Waals surface area contributed by atoms with Crippen LogP contribution in [0.4, 0.5) is 0 Å². The van der Waals surface area contributed by atoms with E-state index in [0.29, 0.717) is 0 Å². The van der Waals surface area contributed by atoms with E-state index in [1.807, 2.05) is 12.4 Å². The number of para-hydroxylation sites is 1. The van der Waals surface area contributed by atoms with E-state index in [1.54, 1.807) is 0 Å². The maximum atomic E-state index is 4.52. The van der Waals surface area contributed by atoms with Crippen molar-refractivity contribution in [3.05, 3.63) is 182 Å². The highest BCUT2D eigenvalue weighted by atomic mass is 15.0. The number of pyridine rings is 1. The van der Waals surface area contributed by atoms with Gasteiger partial charge in [0.2, 0.25) is 0 Å². The molecular weight excluding hydrogens is 593 g/mol. The fourth-order valence-corrected chi connectivity index (χ4v) is 7.92. The van der Waals surface area contributed by atoms with Gasteiger partial charge >= 0.3 is 0 Å². The fourth-order valence-electron chi connectivity index (χ4n) is 7.92. The van der Waals surface area contributed by atoms with Crippen molar-refractivity contribution in [2.24, 2.45) is 0 Å². The number of hydrogen-bond donors (Lipinski definition) is 0. The molecule has 9 aromatic rings. The highest BCUT2D eigenvalue weighted by molar-refractivity contribution is 6.10. The zero-order valence-electron chi connectivity index (χ0n) is 26.7. The van der Waals surface area contributed by atoms with E-state index in [2.05, 4.69) is 179 Å². The summed E-state index contributed by atoms with van der Waals surface area (Å²) in [7, 11) is 0. The summed E-state index contributed by atoms with van der Waals surface area (Å²) in [5.41, 5.74) is 18.4. The van der Waals surface area contributed by atoms with E-state index < -0.39 is 0 Å². The first-order chi connectivity index (χ1) is 24.3. The molecule has 0 unspecified atom stereocenters. The van der Waals surface area contributed by atoms with Crippen LogP contribution in [0.5, 0.6) is 0 Å². The van der Waals surface area contributed by atoms with Crippen LogP contribution < -0.4 is 0 Å². The number of nitrogens with zero attached hydrogens (tertiary/aromatic N) is 2. The second kappa shape index (κ2) is 11.0. The van der Waals surface area contributed by atoms with Crippen molar-refractivity contribution in [3.8, 4) is 72.4 Å². The third kappa shape index (κ3) is 4.31. The molecule has 0 radical (unpaired) electrons. The predicted molar refractivity (Wildman–Crippen MR) is 205 cm³/mol. The monoisotopic (exact) mass is 622 g/mol. The first kappa shape index (κ1) is 27.6. The number of hydrogen-bond acceptors (Lipinski definition) is 1. The summed E-state index contributed by atoms with van der Waals surface area (Å²) in [5, 5.41) is 2.35. The Morgan fingerprint density at radius 3 is 1.61 bits per heavy atom. The van der Waals surface area contributed by atoms with Gasteiger partial charge in [-0.2, -0.15) is 0 Å². The van der Waals surface area contributed by atoms with Crippen LogP contribution in [0.25, 0.3) is 94.3 Å². The highest BCUT2D eigenvalue weighted by Gasteiger charge is 2.24. The molecule has 1 aliphatic carbocycles. The van der Waals surface area contributed by atoms with Crippen molar-refractivity contribution in [1.82, 2.24) is 9.55 Å². The summed E-state index contributed by atoms with van der Waals surface area (Å²) in [6.45, 7) is 0. The Hall–Kier alpha value is -6.51. The zero-order valence-corrected chi connectivity index (χ0v) is 26.7. The van der Waals surface area contributed by atoms with Gasteiger partial charge in [-0.25, -0.2) is 0 Å². The van der Waals surface area contributed by atoms with Crippen LogP contribution in [0.2, 0.25) is 0 Å². The first-order valence-electron chi connectivity index (χ1n) is 16.8. The molecule has 0 saturated heterocycles. The van der Waals surface area contributed by atoms with E-state index in [9.17, 15) is 0 Å². The highest BCUT2D eigenvalue weighted by Crippen LogP contribution is 2.50. The topological polar surface area (TPSA) is 17.8 Å². The summed E-state index contributed by atoms with van der Waals surface area (Å²) in [4.78, 5) is 4.52. The minimum absolute atomic E-state index is 1.15. The van der Waals surface area contributed by atoms with Crippen molar-refractivity contribution in [2.75, 3.05) is 0 Å². The summed E-state index contributed by atoms with van der Waals surface area (Å²) < 4.78 is 2.34. The molecule has 0 aliphatic heterocycles. The molecule has 0 spiro atoms. The van der Waals surface area contributed by atoms with Crippen LogP contribution in [0.15, 0.2) is 182 Å². The molecule has 0 bridgehead atoms. The van der Waals surface area contributed by atoms with Crippen molar-refractivity contribution in [3.63, 3.8) is 0 Å². The summed E-state index contributed by atoms with van der Waals surface area (Å²) in [5.74, 6) is 0. The van der Waals surface area contributed by atoms with Crippen LogP contribution in [-0.4, -0.2) is 9.55 Å². The quantitative estimate of drug-likeness (QED) is 0.192. The number of rotatable bonds is 3. The van der Waals surface area contributed by atoms with Crippen LogP contribution in [-0.2, 0) is 0 Å². The zero-order chi connectivity index (χ0) is 32.3. The van der Waals surface area contributed by atoms with E-state index in [1.165, 1.54) is 77.7 Å². The Labute approximate surface area is 285 Å². The van der Waals surface area contributed by atoms with Crippen LogP contribution in [0.3, 0.4) is 0 Å². The van der Waals surface area contributed by atoms with Gasteiger partial charge in [0.05, 0.1) is 11.0 Å². The fraction of sp³-hybridized carbons (Fsp3) is 0. The van der Waals surface area contributed by atoms with Crippen molar-refractivity contribution in [2.45, 2.75) is 0 Å². The molecule has 228 valence electrons. The maximum absolute atomic E-state index is 4.52. The van der Waals surface area contributed by atoms with Crippen molar-refractivity contribution in [1.29, 1.82) is 0 Å². The van der Waals surface area contributed by atoms with Gasteiger partial charge in [-0.1, -0.05) is 133 Å². The average molecular weight is 623 g/mol. The molecule has 0 saturated carbocycles. The molecule has 0 N–H and O–H groups in total. The number of benzene rings is 7. The minimum atomic E-state index is 1.15. The molecule has 10 rings (SSSR count). The molecule has 2 heterocycles. The molecule has 0 fully saturated rings. The lowest BCUT2D eigenvalue weighted by Crippen LogP contribution is -1.98. The second-order valence-corrected chi connectivity index (χ2v) is 12.7. The molecule has 49 heavy (non-hydrogen) atoms. The standard InChI is InChI=1S/C47H30N2/c1-2-14-34(15-3-1)49-45-25-24-32(29-43(45)44-30-48-27-26-46(44)49)31-12-10-13-33(28-31)35-22-11-23-42-40-19-7-6-18-38(40)36-16-4-5-17-37(36)39-20-8-9-21-41(39)47(35)42/h1-30H. The average Bonchev–Trinajstić information content (AvgIpc) is 3.51. The predicted octanol–water partition coefficient (Wildman–Crippen LogP) is 12.5. The third-order valence-corrected chi connectivity index (χ3v) is 10.1. The Kier molecular flexibility index (Phi) is 6.22. The Morgan fingerprint density at radius 2 is 0.878 bits per heavy atom. The molecule has 0 amide bonds. The molecule has 2 nitrogen and oxygen atoms in total. The van der Waals surface area contributed by atoms with Gasteiger partial charge in [0.1, 0.15) is 0 Å². The minimum Gasteiger partial charge on any atom is -0.309 e. The SMILES string of the molecule is c1ccc(-n2c3ccncc3c3cc(-c4cccc(-c5cccc6c5-c5ccccc5-c5ccccc5-c5ccccc5-6)c4)ccc32)cc1. The Morgan fingerprint density at radius 1 is 0.347 bits per heavy atom. The van der Waals surface area contributed by atoms with Gasteiger partial charge in [0.25, 0.3) is 0 Å². The summed E-state index contributed by atoms with van der Waals surface area (Å²) >= 11 is 0. The summed E-state index contributed by atoms with van der Waals surface area (Å²) in [6, 6.07) is 61.9. The van der Waals surface area contributed by atoms with Crippen LogP contribution >= 0.6 is 0 Å². The lowest BCUT2D eigenvalue weighted by atomic mass is 9.78. The van der Waals surface area contributed by atoms with E-state index >= 15 is 0 Å². The molecule has 7 aromatic carbocycles. The lowest BCUT2D eigenvalue weighted by Gasteiger charge is -2.25. The smallest absolute Gasteiger partial charge is 0.0571 e. The molecule has 2 heteroatoms. The molecular formula is C47H30N2. The molecule has 0 atom stereocenters. The van der Waals surface area contributed by atoms with Crippen LogP contribution in [0.1, 0.15) is 0 Å². The maximum Gasteiger partial charge on any atom is 0.0571 e. The Balaban J connectivity index is 1.18. The van der Waals surface area contributed by atoms with E-state index in [-0.39, 0.29) is 0 Å². The number of aromatic nitrogens is 2. The molecule has 1 aliphatic rings. The van der Waals surface area contributed by atoms with E-state index in [4.69, 9.17) is 0 Å². The van der Waals surface area contributed by atoms with Gasteiger partial charge < -0.3 is 4.57 Å². The molecule has 2 aromatic heterocycles. The summed E-state index contributed by atoms with van der Waals surface area (Å²) in [6.07, 6.45) is 3.87. The van der Waals surface area contributed by atoms with Crippen molar-refractivity contribution >= 4 is 21.8 Å². The third-order valence-electron chi connectivity index (χ3n) is 10.1. The first-order valence-corrected chi connectivity index (χ1v) is 16.8. The Bertz CT molecular complexity index is 2710. The normalized spacial score (nSPS) is 11.7.